The number of halogens is 3. The number of hydrogen-bond acceptors (Lipinski definition) is 4. The van der Waals surface area contributed by atoms with Gasteiger partial charge in [-0.05, 0) is 37.9 Å². The van der Waals surface area contributed by atoms with Crippen LogP contribution in [0.3, 0.4) is 0 Å². The molecule has 9 heteroatoms. The van der Waals surface area contributed by atoms with Crippen LogP contribution in [0.1, 0.15) is 21.7 Å². The molecule has 0 aliphatic heterocycles. The molecule has 1 amide bonds. The number of hydrogen-bond donors (Lipinski definition) is 1. The van der Waals surface area contributed by atoms with Crippen molar-refractivity contribution in [2.45, 2.75) is 12.7 Å². The predicted molar refractivity (Wildman–Crippen MR) is 97.7 cm³/mol. The van der Waals surface area contributed by atoms with Crippen molar-refractivity contribution in [1.82, 2.24) is 14.7 Å². The van der Waals surface area contributed by atoms with E-state index in [4.69, 9.17) is 4.42 Å². The highest BCUT2D eigenvalue weighted by Crippen LogP contribution is 2.34. The topological polar surface area (TPSA) is 63.3 Å². The smallest absolute Gasteiger partial charge is 0.416 e. The average molecular weight is 392 g/mol. The van der Waals surface area contributed by atoms with Gasteiger partial charge in [0.15, 0.2) is 5.76 Å². The number of nitrogens with zero attached hydrogens (tertiary/aromatic N) is 3. The van der Waals surface area contributed by atoms with Gasteiger partial charge < -0.3 is 14.6 Å². The predicted octanol–water partition coefficient (Wildman–Crippen LogP) is 4.01. The number of amides is 1. The van der Waals surface area contributed by atoms with Crippen molar-refractivity contribution in [1.29, 1.82) is 0 Å². The van der Waals surface area contributed by atoms with E-state index in [0.29, 0.717) is 11.1 Å². The van der Waals surface area contributed by atoms with Crippen LogP contribution in [0.5, 0.6) is 0 Å². The number of anilines is 1. The normalized spacial score (nSPS) is 11.8. The van der Waals surface area contributed by atoms with Gasteiger partial charge in [-0.25, -0.2) is 0 Å². The highest BCUT2D eigenvalue weighted by Gasteiger charge is 2.34. The van der Waals surface area contributed by atoms with Crippen molar-refractivity contribution in [3.8, 4) is 11.1 Å². The third kappa shape index (κ3) is 4.25. The molecule has 0 unspecified atom stereocenters. The maximum atomic E-state index is 13.4. The Morgan fingerprint density at radius 3 is 2.64 bits per heavy atom. The lowest BCUT2D eigenvalue weighted by Crippen LogP contribution is -2.18. The monoisotopic (exact) mass is 392 g/mol. The van der Waals surface area contributed by atoms with Crippen molar-refractivity contribution in [2.75, 3.05) is 19.4 Å². The minimum atomic E-state index is -4.53. The lowest BCUT2D eigenvalue weighted by atomic mass is 10.1. The molecule has 2 aromatic heterocycles. The van der Waals surface area contributed by atoms with Crippen LogP contribution in [0.15, 0.2) is 47.3 Å². The summed E-state index contributed by atoms with van der Waals surface area (Å²) in [6.45, 7) is 0.131. The quantitative estimate of drug-likeness (QED) is 0.713. The van der Waals surface area contributed by atoms with Gasteiger partial charge in [0.1, 0.15) is 0 Å². The summed E-state index contributed by atoms with van der Waals surface area (Å²) in [7, 11) is 5.11. The lowest BCUT2D eigenvalue weighted by Gasteiger charge is -2.17. The zero-order valence-electron chi connectivity index (χ0n) is 15.5. The Morgan fingerprint density at radius 2 is 2.04 bits per heavy atom. The number of rotatable bonds is 5. The Labute approximate surface area is 159 Å². The summed E-state index contributed by atoms with van der Waals surface area (Å²) in [6, 6.07) is 5.35. The minimum Gasteiger partial charge on any atom is -0.459 e. The van der Waals surface area contributed by atoms with Crippen molar-refractivity contribution < 1.29 is 22.4 Å². The molecule has 0 saturated carbocycles. The number of aryl methyl sites for hydroxylation is 1. The molecule has 1 aromatic carbocycles. The standard InChI is InChI=1S/C19H19F3N4O2/c1-25(2)10-12-4-5-14(8-16(12)19(20,21)22)24-18(27)17-15(6-7-28-17)13-9-23-26(3)11-13/h4-9,11H,10H2,1-3H3,(H,24,27). The van der Waals surface area contributed by atoms with Crippen molar-refractivity contribution in [3.63, 3.8) is 0 Å². The second-order valence-corrected chi connectivity index (χ2v) is 6.63. The minimum absolute atomic E-state index is 0.000994. The summed E-state index contributed by atoms with van der Waals surface area (Å²) in [5, 5.41) is 6.52. The molecule has 0 fully saturated rings. The molecule has 6 nitrogen and oxygen atoms in total. The molecule has 0 radical (unpaired) electrons. The van der Waals surface area contributed by atoms with Crippen LogP contribution >= 0.6 is 0 Å². The fourth-order valence-electron chi connectivity index (χ4n) is 2.86. The maximum Gasteiger partial charge on any atom is 0.416 e. The van der Waals surface area contributed by atoms with E-state index in [0.717, 1.165) is 6.07 Å². The maximum absolute atomic E-state index is 13.4. The summed E-state index contributed by atoms with van der Waals surface area (Å²) < 4.78 is 47.1. The first-order chi connectivity index (χ1) is 13.1. The average Bonchev–Trinajstić information content (AvgIpc) is 3.23. The first-order valence-corrected chi connectivity index (χ1v) is 8.38. The summed E-state index contributed by atoms with van der Waals surface area (Å²) in [5.74, 6) is -0.642. The molecule has 0 spiro atoms. The van der Waals surface area contributed by atoms with E-state index in [-0.39, 0.29) is 23.6 Å². The summed E-state index contributed by atoms with van der Waals surface area (Å²) >= 11 is 0. The van der Waals surface area contributed by atoms with E-state index in [2.05, 4.69) is 10.4 Å². The van der Waals surface area contributed by atoms with Crippen LogP contribution in [0.25, 0.3) is 11.1 Å². The molecule has 28 heavy (non-hydrogen) atoms. The van der Waals surface area contributed by atoms with Gasteiger partial charge in [0.05, 0.1) is 18.0 Å². The SMILES string of the molecule is CN(C)Cc1ccc(NC(=O)c2occc2-c2cnn(C)c2)cc1C(F)(F)F. The van der Waals surface area contributed by atoms with Gasteiger partial charge in [-0.1, -0.05) is 6.07 Å². The van der Waals surface area contributed by atoms with Gasteiger partial charge in [-0.2, -0.15) is 18.3 Å². The number of alkyl halides is 3. The largest absolute Gasteiger partial charge is 0.459 e. The van der Waals surface area contributed by atoms with Gasteiger partial charge in [-0.3, -0.25) is 9.48 Å². The molecule has 0 atom stereocenters. The Balaban J connectivity index is 1.88. The molecule has 3 rings (SSSR count). The number of carbonyl (C=O) groups is 1. The molecule has 148 valence electrons. The van der Waals surface area contributed by atoms with E-state index in [1.54, 1.807) is 49.2 Å². The van der Waals surface area contributed by atoms with Crippen LogP contribution < -0.4 is 5.32 Å². The second-order valence-electron chi connectivity index (χ2n) is 6.63. The third-order valence-electron chi connectivity index (χ3n) is 4.05. The zero-order chi connectivity index (χ0) is 20.5. The van der Waals surface area contributed by atoms with E-state index >= 15 is 0 Å². The Kier molecular flexibility index (Phi) is 5.28. The summed E-state index contributed by atoms with van der Waals surface area (Å²) in [4.78, 5) is 14.2. The fourth-order valence-corrected chi connectivity index (χ4v) is 2.86. The van der Waals surface area contributed by atoms with Gasteiger partial charge in [0.2, 0.25) is 0 Å². The number of furan rings is 1. The number of aromatic nitrogens is 2. The van der Waals surface area contributed by atoms with Gasteiger partial charge >= 0.3 is 6.18 Å². The van der Waals surface area contributed by atoms with Crippen LogP contribution in [0.2, 0.25) is 0 Å². The number of carbonyl (C=O) groups excluding carboxylic acids is 1. The summed E-state index contributed by atoms with van der Waals surface area (Å²) in [5.41, 5.74) is 0.549. The molecular formula is C19H19F3N4O2. The molecule has 0 aliphatic rings. The van der Waals surface area contributed by atoms with Crippen molar-refractivity contribution in [2.24, 2.45) is 7.05 Å². The molecule has 2 heterocycles. The van der Waals surface area contributed by atoms with Crippen molar-refractivity contribution in [3.05, 3.63) is 59.8 Å². The highest BCUT2D eigenvalue weighted by atomic mass is 19.4. The van der Waals surface area contributed by atoms with Crippen LogP contribution in [-0.4, -0.2) is 34.7 Å². The summed E-state index contributed by atoms with van der Waals surface area (Å²) in [6.07, 6.45) is 0.0923. The number of nitrogens with one attached hydrogen (secondary N) is 1. The van der Waals surface area contributed by atoms with Crippen LogP contribution in [0, 0.1) is 0 Å². The molecule has 3 aromatic rings. The van der Waals surface area contributed by atoms with Gasteiger partial charge in [-0.15, -0.1) is 0 Å². The van der Waals surface area contributed by atoms with E-state index in [1.165, 1.54) is 18.4 Å². The van der Waals surface area contributed by atoms with Crippen molar-refractivity contribution >= 4 is 11.6 Å². The lowest BCUT2D eigenvalue weighted by molar-refractivity contribution is -0.138. The molecule has 0 saturated heterocycles. The number of benzene rings is 1. The van der Waals surface area contributed by atoms with Gasteiger partial charge in [0, 0.05) is 36.6 Å². The van der Waals surface area contributed by atoms with Crippen LogP contribution in [-0.2, 0) is 19.8 Å². The Bertz CT molecular complexity index is 989. The molecule has 1 N–H and O–H groups in total. The Hall–Kier alpha value is -3.07. The molecule has 0 bridgehead atoms. The molecule has 0 aliphatic carbocycles. The first-order valence-electron chi connectivity index (χ1n) is 8.38. The molecular weight excluding hydrogens is 373 g/mol. The van der Waals surface area contributed by atoms with Crippen LogP contribution in [0.4, 0.5) is 18.9 Å². The zero-order valence-corrected chi connectivity index (χ0v) is 15.5. The van der Waals surface area contributed by atoms with E-state index in [9.17, 15) is 18.0 Å². The fraction of sp³-hybridized carbons (Fsp3) is 0.263. The third-order valence-corrected chi connectivity index (χ3v) is 4.05. The Morgan fingerprint density at radius 1 is 1.29 bits per heavy atom. The van der Waals surface area contributed by atoms with E-state index in [1.807, 2.05) is 0 Å². The first kappa shape index (κ1) is 19.7. The second kappa shape index (κ2) is 7.51. The van der Waals surface area contributed by atoms with Gasteiger partial charge in [0.25, 0.3) is 5.91 Å². The van der Waals surface area contributed by atoms with E-state index < -0.39 is 17.6 Å². The highest BCUT2D eigenvalue weighted by molar-refractivity contribution is 6.06.